The Hall–Kier alpha value is -1.09. The van der Waals surface area contributed by atoms with Gasteiger partial charge in [0.1, 0.15) is 0 Å². The van der Waals surface area contributed by atoms with E-state index >= 15 is 0 Å². The van der Waals surface area contributed by atoms with Crippen LogP contribution < -0.4 is 0 Å². The van der Waals surface area contributed by atoms with Crippen LogP contribution in [0.3, 0.4) is 0 Å². The van der Waals surface area contributed by atoms with Gasteiger partial charge in [0, 0.05) is 24.5 Å². The van der Waals surface area contributed by atoms with Crippen LogP contribution >= 0.6 is 15.9 Å². The average Bonchev–Trinajstić information content (AvgIpc) is 2.26. The van der Waals surface area contributed by atoms with E-state index < -0.39 is 0 Å². The first kappa shape index (κ1) is 13.0. The quantitative estimate of drug-likeness (QED) is 0.760. The monoisotopic (exact) mass is 281 g/mol. The third-order valence-electron chi connectivity index (χ3n) is 2.40. The number of hydrogen-bond donors (Lipinski definition) is 0. The Morgan fingerprint density at radius 3 is 2.75 bits per heavy atom. The molecule has 0 aromatic heterocycles. The van der Waals surface area contributed by atoms with Crippen LogP contribution in [-0.2, 0) is 11.2 Å². The van der Waals surface area contributed by atoms with E-state index in [4.69, 9.17) is 0 Å². The maximum atomic E-state index is 11.3. The van der Waals surface area contributed by atoms with Gasteiger partial charge in [-0.15, -0.1) is 6.58 Å². The summed E-state index contributed by atoms with van der Waals surface area (Å²) in [6.07, 6.45) is 2.61. The molecule has 3 heteroatoms. The second-order valence-corrected chi connectivity index (χ2v) is 4.45. The summed E-state index contributed by atoms with van der Waals surface area (Å²) in [5.74, 6) is 0.0898. The standard InChI is InChI=1S/C13H16BrNO/c1-3-9-15(11(2)16)10-8-12-6-4-5-7-13(12)14/h3-7H,1,8-10H2,2H3. The van der Waals surface area contributed by atoms with Gasteiger partial charge in [0.2, 0.25) is 5.91 Å². The molecule has 0 N–H and O–H groups in total. The van der Waals surface area contributed by atoms with Crippen LogP contribution in [0.25, 0.3) is 0 Å². The van der Waals surface area contributed by atoms with Crippen molar-refractivity contribution in [3.8, 4) is 0 Å². The van der Waals surface area contributed by atoms with Crippen molar-refractivity contribution in [3.63, 3.8) is 0 Å². The SMILES string of the molecule is C=CCN(CCc1ccccc1Br)C(C)=O. The van der Waals surface area contributed by atoms with E-state index in [1.807, 2.05) is 18.2 Å². The molecular formula is C13H16BrNO. The summed E-state index contributed by atoms with van der Waals surface area (Å²) in [5.41, 5.74) is 1.22. The van der Waals surface area contributed by atoms with E-state index in [2.05, 4.69) is 28.6 Å². The summed E-state index contributed by atoms with van der Waals surface area (Å²) >= 11 is 3.50. The molecule has 0 aliphatic heterocycles. The Morgan fingerprint density at radius 2 is 2.19 bits per heavy atom. The first-order chi connectivity index (χ1) is 7.65. The van der Waals surface area contributed by atoms with E-state index in [1.165, 1.54) is 5.56 Å². The van der Waals surface area contributed by atoms with Gasteiger partial charge in [0.05, 0.1) is 0 Å². The highest BCUT2D eigenvalue weighted by Crippen LogP contribution is 2.16. The highest BCUT2D eigenvalue weighted by molar-refractivity contribution is 9.10. The highest BCUT2D eigenvalue weighted by atomic mass is 79.9. The van der Waals surface area contributed by atoms with Gasteiger partial charge in [-0.05, 0) is 18.1 Å². The third-order valence-corrected chi connectivity index (χ3v) is 3.18. The van der Waals surface area contributed by atoms with Gasteiger partial charge >= 0.3 is 0 Å². The lowest BCUT2D eigenvalue weighted by Gasteiger charge is -2.19. The highest BCUT2D eigenvalue weighted by Gasteiger charge is 2.07. The molecule has 0 heterocycles. The molecule has 2 nitrogen and oxygen atoms in total. The number of carbonyl (C=O) groups is 1. The molecule has 16 heavy (non-hydrogen) atoms. The Bertz CT molecular complexity index is 376. The number of rotatable bonds is 5. The number of hydrogen-bond acceptors (Lipinski definition) is 1. The lowest BCUT2D eigenvalue weighted by Crippen LogP contribution is -2.30. The van der Waals surface area contributed by atoms with Crippen LogP contribution in [-0.4, -0.2) is 23.9 Å². The molecule has 0 unspecified atom stereocenters. The largest absolute Gasteiger partial charge is 0.339 e. The van der Waals surface area contributed by atoms with Gasteiger partial charge in [-0.2, -0.15) is 0 Å². The molecule has 0 radical (unpaired) electrons. The van der Waals surface area contributed by atoms with E-state index in [9.17, 15) is 4.79 Å². The average molecular weight is 282 g/mol. The number of halogens is 1. The van der Waals surface area contributed by atoms with Gasteiger partial charge in [-0.3, -0.25) is 4.79 Å². The van der Waals surface area contributed by atoms with Gasteiger partial charge in [-0.25, -0.2) is 0 Å². The summed E-state index contributed by atoms with van der Waals surface area (Å²) in [5, 5.41) is 0. The van der Waals surface area contributed by atoms with Gasteiger partial charge < -0.3 is 4.90 Å². The predicted molar refractivity (Wildman–Crippen MR) is 70.3 cm³/mol. The van der Waals surface area contributed by atoms with Crippen LogP contribution in [0, 0.1) is 0 Å². The fourth-order valence-corrected chi connectivity index (χ4v) is 1.97. The molecule has 1 aromatic rings. The molecule has 1 rings (SSSR count). The molecule has 1 aromatic carbocycles. The Kier molecular flexibility index (Phi) is 5.26. The second kappa shape index (κ2) is 6.48. The van der Waals surface area contributed by atoms with E-state index in [0.29, 0.717) is 6.54 Å². The summed E-state index contributed by atoms with van der Waals surface area (Å²) in [6.45, 7) is 6.58. The Balaban J connectivity index is 2.58. The van der Waals surface area contributed by atoms with Crippen molar-refractivity contribution >= 4 is 21.8 Å². The topological polar surface area (TPSA) is 20.3 Å². The fraction of sp³-hybridized carbons (Fsp3) is 0.308. The molecular weight excluding hydrogens is 266 g/mol. The van der Waals surface area contributed by atoms with Crippen LogP contribution in [0.2, 0.25) is 0 Å². The minimum Gasteiger partial charge on any atom is -0.339 e. The van der Waals surface area contributed by atoms with Crippen molar-refractivity contribution in [2.24, 2.45) is 0 Å². The first-order valence-corrected chi connectivity index (χ1v) is 6.04. The van der Waals surface area contributed by atoms with Gasteiger partial charge in [0.15, 0.2) is 0 Å². The van der Waals surface area contributed by atoms with E-state index in [-0.39, 0.29) is 5.91 Å². The molecule has 0 saturated heterocycles. The van der Waals surface area contributed by atoms with E-state index in [1.54, 1.807) is 17.9 Å². The van der Waals surface area contributed by atoms with Gasteiger partial charge in [-0.1, -0.05) is 40.2 Å². The molecule has 0 bridgehead atoms. The van der Waals surface area contributed by atoms with Crippen molar-refractivity contribution in [1.82, 2.24) is 4.90 Å². The third kappa shape index (κ3) is 3.81. The zero-order valence-corrected chi connectivity index (χ0v) is 11.0. The second-order valence-electron chi connectivity index (χ2n) is 3.60. The Labute approximate surface area is 105 Å². The number of nitrogens with zero attached hydrogens (tertiary/aromatic N) is 1. The number of carbonyl (C=O) groups excluding carboxylic acids is 1. The summed E-state index contributed by atoms with van der Waals surface area (Å²) in [4.78, 5) is 13.1. The van der Waals surface area contributed by atoms with Crippen LogP contribution in [0.1, 0.15) is 12.5 Å². The molecule has 86 valence electrons. The van der Waals surface area contributed by atoms with Crippen LogP contribution in [0.5, 0.6) is 0 Å². The zero-order valence-electron chi connectivity index (χ0n) is 9.45. The van der Waals surface area contributed by atoms with E-state index in [0.717, 1.165) is 17.4 Å². The lowest BCUT2D eigenvalue weighted by molar-refractivity contribution is -0.128. The summed E-state index contributed by atoms with van der Waals surface area (Å²) in [7, 11) is 0. The minimum absolute atomic E-state index is 0.0898. The Morgan fingerprint density at radius 1 is 1.50 bits per heavy atom. The normalized spacial score (nSPS) is 9.88. The predicted octanol–water partition coefficient (Wildman–Crippen LogP) is 3.03. The maximum absolute atomic E-state index is 11.3. The minimum atomic E-state index is 0.0898. The smallest absolute Gasteiger partial charge is 0.219 e. The molecule has 0 aliphatic carbocycles. The van der Waals surface area contributed by atoms with Crippen molar-refractivity contribution < 1.29 is 4.79 Å². The summed E-state index contributed by atoms with van der Waals surface area (Å²) in [6, 6.07) is 8.07. The van der Waals surface area contributed by atoms with Gasteiger partial charge in [0.25, 0.3) is 0 Å². The molecule has 0 fully saturated rings. The number of amides is 1. The van der Waals surface area contributed by atoms with Crippen molar-refractivity contribution in [1.29, 1.82) is 0 Å². The zero-order chi connectivity index (χ0) is 12.0. The molecule has 1 amide bonds. The van der Waals surface area contributed by atoms with Crippen molar-refractivity contribution in [2.45, 2.75) is 13.3 Å². The molecule has 0 saturated carbocycles. The maximum Gasteiger partial charge on any atom is 0.219 e. The molecule has 0 atom stereocenters. The first-order valence-electron chi connectivity index (χ1n) is 5.25. The van der Waals surface area contributed by atoms with Crippen molar-refractivity contribution in [3.05, 3.63) is 47.0 Å². The molecule has 0 spiro atoms. The summed E-state index contributed by atoms with van der Waals surface area (Å²) < 4.78 is 1.09. The van der Waals surface area contributed by atoms with Crippen LogP contribution in [0.15, 0.2) is 41.4 Å². The molecule has 0 aliphatic rings. The van der Waals surface area contributed by atoms with Crippen molar-refractivity contribution in [2.75, 3.05) is 13.1 Å². The fourth-order valence-electron chi connectivity index (χ4n) is 1.49. The number of benzene rings is 1. The lowest BCUT2D eigenvalue weighted by atomic mass is 10.1. The van der Waals surface area contributed by atoms with Crippen LogP contribution in [0.4, 0.5) is 0 Å².